The van der Waals surface area contributed by atoms with Crippen molar-refractivity contribution in [2.75, 3.05) is 13.2 Å². The van der Waals surface area contributed by atoms with Gasteiger partial charge in [-0.15, -0.1) is 11.3 Å². The van der Waals surface area contributed by atoms with Crippen LogP contribution in [0.1, 0.15) is 28.7 Å². The number of aliphatic hydroxyl groups is 1. The molecule has 1 aromatic carbocycles. The van der Waals surface area contributed by atoms with Crippen LogP contribution in [0.4, 0.5) is 0 Å². The fourth-order valence-electron chi connectivity index (χ4n) is 3.31. The van der Waals surface area contributed by atoms with Crippen LogP contribution in [0.15, 0.2) is 36.4 Å². The van der Waals surface area contributed by atoms with E-state index in [9.17, 15) is 5.11 Å². The molecule has 0 bridgehead atoms. The van der Waals surface area contributed by atoms with Crippen LogP contribution in [0.2, 0.25) is 0 Å². The van der Waals surface area contributed by atoms with E-state index >= 15 is 0 Å². The molecule has 1 aromatic heterocycles. The lowest BCUT2D eigenvalue weighted by Gasteiger charge is -2.47. The first-order valence-corrected chi connectivity index (χ1v) is 8.04. The quantitative estimate of drug-likeness (QED) is 0.916. The summed E-state index contributed by atoms with van der Waals surface area (Å²) in [5.41, 5.74) is 5.65. The minimum Gasteiger partial charge on any atom is -0.493 e. The zero-order valence-electron chi connectivity index (χ0n) is 12.4. The zero-order chi connectivity index (χ0) is 15.1. The normalized spacial score (nSPS) is 24.0. The SMILES string of the molecule is Cc1ccc(C(C)(O)C2(CN)CCOc3ccccc32)s1. The summed E-state index contributed by atoms with van der Waals surface area (Å²) in [6, 6.07) is 12.0. The van der Waals surface area contributed by atoms with Gasteiger partial charge in [0.2, 0.25) is 0 Å². The number of para-hydroxylation sites is 1. The molecule has 112 valence electrons. The predicted octanol–water partition coefficient (Wildman–Crippen LogP) is 2.94. The Labute approximate surface area is 129 Å². The molecule has 1 aliphatic heterocycles. The van der Waals surface area contributed by atoms with Crippen LogP contribution in [-0.4, -0.2) is 18.3 Å². The Morgan fingerprint density at radius 1 is 1.33 bits per heavy atom. The lowest BCUT2D eigenvalue weighted by Crippen LogP contribution is -2.54. The summed E-state index contributed by atoms with van der Waals surface area (Å²) in [6.45, 7) is 4.90. The summed E-state index contributed by atoms with van der Waals surface area (Å²) in [6.07, 6.45) is 0.713. The molecule has 2 unspecified atom stereocenters. The van der Waals surface area contributed by atoms with Crippen LogP contribution in [0.5, 0.6) is 5.75 Å². The van der Waals surface area contributed by atoms with Gasteiger partial charge in [-0.25, -0.2) is 0 Å². The molecule has 0 spiro atoms. The van der Waals surface area contributed by atoms with Crippen molar-refractivity contribution >= 4 is 11.3 Å². The molecule has 0 saturated carbocycles. The molecule has 4 heteroatoms. The van der Waals surface area contributed by atoms with Crippen molar-refractivity contribution in [3.05, 3.63) is 51.7 Å². The van der Waals surface area contributed by atoms with E-state index in [-0.39, 0.29) is 0 Å². The fourth-order valence-corrected chi connectivity index (χ4v) is 4.32. The number of thiophene rings is 1. The average Bonchev–Trinajstić information content (AvgIpc) is 2.93. The molecule has 0 radical (unpaired) electrons. The maximum Gasteiger partial charge on any atom is 0.123 e. The topological polar surface area (TPSA) is 55.5 Å². The number of benzene rings is 1. The molecule has 0 fully saturated rings. The molecule has 0 amide bonds. The van der Waals surface area contributed by atoms with Gasteiger partial charge in [0.15, 0.2) is 0 Å². The van der Waals surface area contributed by atoms with Crippen LogP contribution >= 0.6 is 11.3 Å². The van der Waals surface area contributed by atoms with E-state index in [0.29, 0.717) is 19.6 Å². The van der Waals surface area contributed by atoms with Gasteiger partial charge in [0.25, 0.3) is 0 Å². The minimum absolute atomic E-state index is 0.386. The first-order chi connectivity index (χ1) is 10.0. The van der Waals surface area contributed by atoms with Gasteiger partial charge in [0, 0.05) is 27.3 Å². The molecule has 3 rings (SSSR count). The third kappa shape index (κ3) is 2.09. The van der Waals surface area contributed by atoms with Crippen molar-refractivity contribution in [1.29, 1.82) is 0 Å². The summed E-state index contributed by atoms with van der Waals surface area (Å²) in [7, 11) is 0. The van der Waals surface area contributed by atoms with Crippen LogP contribution < -0.4 is 10.5 Å². The van der Waals surface area contributed by atoms with E-state index in [2.05, 4.69) is 6.92 Å². The van der Waals surface area contributed by atoms with Crippen molar-refractivity contribution in [2.45, 2.75) is 31.3 Å². The molecule has 2 atom stereocenters. The predicted molar refractivity (Wildman–Crippen MR) is 85.9 cm³/mol. The van der Waals surface area contributed by atoms with Gasteiger partial charge in [0.05, 0.1) is 6.61 Å². The molecule has 3 nitrogen and oxygen atoms in total. The largest absolute Gasteiger partial charge is 0.493 e. The molecular weight excluding hydrogens is 282 g/mol. The van der Waals surface area contributed by atoms with Crippen LogP contribution in [-0.2, 0) is 11.0 Å². The van der Waals surface area contributed by atoms with E-state index < -0.39 is 11.0 Å². The molecule has 2 heterocycles. The maximum absolute atomic E-state index is 11.4. The number of hydrogen-bond donors (Lipinski definition) is 2. The van der Waals surface area contributed by atoms with Crippen molar-refractivity contribution in [3.8, 4) is 5.75 Å². The van der Waals surface area contributed by atoms with E-state index in [1.165, 1.54) is 4.88 Å². The van der Waals surface area contributed by atoms with Gasteiger partial charge < -0.3 is 15.6 Å². The molecular formula is C17H21NO2S. The Balaban J connectivity index is 2.17. The lowest BCUT2D eigenvalue weighted by atomic mass is 9.64. The highest BCUT2D eigenvalue weighted by Crippen LogP contribution is 2.50. The third-order valence-corrected chi connectivity index (χ3v) is 5.90. The van der Waals surface area contributed by atoms with E-state index in [1.807, 2.05) is 43.3 Å². The molecule has 21 heavy (non-hydrogen) atoms. The highest BCUT2D eigenvalue weighted by molar-refractivity contribution is 7.12. The van der Waals surface area contributed by atoms with Gasteiger partial charge in [-0.3, -0.25) is 0 Å². The Hall–Kier alpha value is -1.36. The van der Waals surface area contributed by atoms with Crippen molar-refractivity contribution in [3.63, 3.8) is 0 Å². The second-order valence-electron chi connectivity index (χ2n) is 5.86. The number of ether oxygens (including phenoxy) is 1. The number of rotatable bonds is 3. The summed E-state index contributed by atoms with van der Waals surface area (Å²) in [5.74, 6) is 0.836. The second-order valence-corrected chi connectivity index (χ2v) is 7.15. The van der Waals surface area contributed by atoms with E-state index in [1.54, 1.807) is 11.3 Å². The number of fused-ring (bicyclic) bond motifs is 1. The zero-order valence-corrected chi connectivity index (χ0v) is 13.2. The van der Waals surface area contributed by atoms with Crippen molar-refractivity contribution < 1.29 is 9.84 Å². The highest BCUT2D eigenvalue weighted by atomic mass is 32.1. The maximum atomic E-state index is 11.4. The van der Waals surface area contributed by atoms with E-state index in [4.69, 9.17) is 10.5 Å². The van der Waals surface area contributed by atoms with Gasteiger partial charge >= 0.3 is 0 Å². The van der Waals surface area contributed by atoms with Gasteiger partial charge in [0.1, 0.15) is 11.4 Å². The van der Waals surface area contributed by atoms with Crippen LogP contribution in [0.3, 0.4) is 0 Å². The number of hydrogen-bond acceptors (Lipinski definition) is 4. The summed E-state index contributed by atoms with van der Waals surface area (Å²) in [4.78, 5) is 2.15. The number of aryl methyl sites for hydroxylation is 1. The Morgan fingerprint density at radius 2 is 2.10 bits per heavy atom. The minimum atomic E-state index is -1.01. The Morgan fingerprint density at radius 3 is 2.76 bits per heavy atom. The monoisotopic (exact) mass is 303 g/mol. The van der Waals surface area contributed by atoms with Gasteiger partial charge in [-0.05, 0) is 38.5 Å². The van der Waals surface area contributed by atoms with Gasteiger partial charge in [-0.2, -0.15) is 0 Å². The summed E-state index contributed by atoms with van der Waals surface area (Å²) < 4.78 is 5.75. The second kappa shape index (κ2) is 5.13. The molecule has 3 N–H and O–H groups in total. The van der Waals surface area contributed by atoms with Crippen molar-refractivity contribution in [1.82, 2.24) is 0 Å². The first kappa shape index (κ1) is 14.6. The molecule has 2 aromatic rings. The molecule has 1 aliphatic rings. The average molecular weight is 303 g/mol. The summed E-state index contributed by atoms with van der Waals surface area (Å²) >= 11 is 1.63. The Bertz CT molecular complexity index is 650. The molecule has 0 saturated heterocycles. The molecule has 0 aliphatic carbocycles. The first-order valence-electron chi connectivity index (χ1n) is 7.23. The third-order valence-electron chi connectivity index (χ3n) is 4.69. The van der Waals surface area contributed by atoms with Crippen LogP contribution in [0.25, 0.3) is 0 Å². The summed E-state index contributed by atoms with van der Waals surface area (Å²) in [5, 5.41) is 11.4. The highest BCUT2D eigenvalue weighted by Gasteiger charge is 2.51. The van der Waals surface area contributed by atoms with Crippen molar-refractivity contribution in [2.24, 2.45) is 5.73 Å². The standard InChI is InChI=1S/C17H21NO2S/c1-12-7-8-15(21-12)16(2,19)17(11-18)9-10-20-14-6-4-3-5-13(14)17/h3-8,19H,9-11,18H2,1-2H3. The van der Waals surface area contributed by atoms with Crippen LogP contribution in [0, 0.1) is 6.92 Å². The number of nitrogens with two attached hydrogens (primary N) is 1. The van der Waals surface area contributed by atoms with Gasteiger partial charge in [-0.1, -0.05) is 18.2 Å². The smallest absolute Gasteiger partial charge is 0.123 e. The lowest BCUT2D eigenvalue weighted by molar-refractivity contribution is -0.0404. The Kier molecular flexibility index (Phi) is 3.56. The van der Waals surface area contributed by atoms with E-state index in [0.717, 1.165) is 16.2 Å². The fraction of sp³-hybridized carbons (Fsp3) is 0.412.